The monoisotopic (exact) mass is 445 g/mol. The number of halogens is 4. The topological polar surface area (TPSA) is 46.3 Å². The van der Waals surface area contributed by atoms with Crippen molar-refractivity contribution in [2.24, 2.45) is 5.92 Å². The summed E-state index contributed by atoms with van der Waals surface area (Å²) in [7, 11) is 0. The van der Waals surface area contributed by atoms with E-state index >= 15 is 0 Å². The van der Waals surface area contributed by atoms with Gasteiger partial charge in [-0.25, -0.2) is 4.98 Å². The summed E-state index contributed by atoms with van der Waals surface area (Å²) >= 11 is 6.27. The summed E-state index contributed by atoms with van der Waals surface area (Å²) in [6.45, 7) is 3.94. The van der Waals surface area contributed by atoms with Gasteiger partial charge in [0.15, 0.2) is 5.65 Å². The molecule has 160 valence electrons. The van der Waals surface area contributed by atoms with Crippen molar-refractivity contribution < 1.29 is 13.2 Å². The van der Waals surface area contributed by atoms with Gasteiger partial charge in [0, 0.05) is 29.1 Å². The van der Waals surface area contributed by atoms with Crippen molar-refractivity contribution in [3.05, 3.63) is 53.1 Å². The molecule has 1 aliphatic rings. The summed E-state index contributed by atoms with van der Waals surface area (Å²) < 4.78 is 41.3. The summed E-state index contributed by atoms with van der Waals surface area (Å²) in [6.07, 6.45) is -2.34. The second-order valence-electron chi connectivity index (χ2n) is 8.02. The number of piperidine rings is 1. The molecule has 4 aromatic rings. The highest BCUT2D eigenvalue weighted by molar-refractivity contribution is 6.31. The highest BCUT2D eigenvalue weighted by atomic mass is 35.5. The normalized spacial score (nSPS) is 15.8. The Kier molecular flexibility index (Phi) is 4.77. The lowest BCUT2D eigenvalue weighted by Gasteiger charge is -2.32. The maximum Gasteiger partial charge on any atom is 0.416 e. The molecule has 1 saturated heterocycles. The Morgan fingerprint density at radius 3 is 2.58 bits per heavy atom. The second kappa shape index (κ2) is 7.37. The van der Waals surface area contributed by atoms with Gasteiger partial charge in [-0.2, -0.15) is 17.7 Å². The van der Waals surface area contributed by atoms with Gasteiger partial charge in [0.1, 0.15) is 11.5 Å². The van der Waals surface area contributed by atoms with Crippen LogP contribution in [0.2, 0.25) is 5.02 Å². The molecule has 0 bridgehead atoms. The average Bonchev–Trinajstić information content (AvgIpc) is 3.17. The van der Waals surface area contributed by atoms with Crippen LogP contribution in [0.3, 0.4) is 0 Å². The van der Waals surface area contributed by atoms with Gasteiger partial charge in [-0.15, -0.1) is 5.10 Å². The van der Waals surface area contributed by atoms with Crippen molar-refractivity contribution in [2.45, 2.75) is 25.9 Å². The molecule has 2 aromatic heterocycles. The van der Waals surface area contributed by atoms with E-state index in [-0.39, 0.29) is 0 Å². The predicted molar refractivity (Wildman–Crippen MR) is 114 cm³/mol. The number of anilines is 1. The lowest BCUT2D eigenvalue weighted by molar-refractivity contribution is -0.137. The highest BCUT2D eigenvalue weighted by Crippen LogP contribution is 2.35. The number of hydrogen-bond donors (Lipinski definition) is 0. The van der Waals surface area contributed by atoms with Crippen LogP contribution in [0.4, 0.5) is 19.0 Å². The molecule has 3 heterocycles. The number of fused-ring (bicyclic) bond motifs is 3. The number of hydrogen-bond acceptors (Lipinski definition) is 4. The van der Waals surface area contributed by atoms with Crippen molar-refractivity contribution >= 4 is 34.0 Å². The standard InChI is InChI=1S/C22H19ClF3N5/c1-13-7-9-30(10-8-13)20-17-12-16(23)5-6-18(17)31-21(27-20)19(28-29-31)14-3-2-4-15(11-14)22(24,25)26/h2-6,11-13H,7-10H2,1H3. The van der Waals surface area contributed by atoms with Crippen LogP contribution in [-0.4, -0.2) is 32.9 Å². The number of nitrogens with zero attached hydrogens (tertiary/aromatic N) is 5. The highest BCUT2D eigenvalue weighted by Gasteiger charge is 2.31. The van der Waals surface area contributed by atoms with Crippen LogP contribution < -0.4 is 4.90 Å². The lowest BCUT2D eigenvalue weighted by atomic mass is 9.99. The minimum absolute atomic E-state index is 0.314. The fourth-order valence-corrected chi connectivity index (χ4v) is 4.24. The van der Waals surface area contributed by atoms with Crippen LogP contribution in [-0.2, 0) is 6.18 Å². The maximum absolute atomic E-state index is 13.2. The molecule has 2 aromatic carbocycles. The maximum atomic E-state index is 13.2. The Hall–Kier alpha value is -2.87. The molecule has 1 fully saturated rings. The first-order valence-corrected chi connectivity index (χ1v) is 10.5. The Morgan fingerprint density at radius 1 is 1.06 bits per heavy atom. The van der Waals surface area contributed by atoms with Crippen molar-refractivity contribution in [1.82, 2.24) is 19.8 Å². The zero-order valence-corrected chi connectivity index (χ0v) is 17.5. The van der Waals surface area contributed by atoms with E-state index in [1.54, 1.807) is 16.6 Å². The Balaban J connectivity index is 1.73. The van der Waals surface area contributed by atoms with E-state index in [4.69, 9.17) is 16.6 Å². The first kappa shape index (κ1) is 20.1. The molecule has 0 amide bonds. The van der Waals surface area contributed by atoms with Gasteiger partial charge in [-0.05, 0) is 49.1 Å². The van der Waals surface area contributed by atoms with E-state index in [2.05, 4.69) is 22.1 Å². The third-order valence-electron chi connectivity index (χ3n) is 5.83. The van der Waals surface area contributed by atoms with E-state index in [1.165, 1.54) is 6.07 Å². The van der Waals surface area contributed by atoms with Gasteiger partial charge in [0.25, 0.3) is 0 Å². The molecule has 5 rings (SSSR count). The van der Waals surface area contributed by atoms with Crippen LogP contribution in [0.5, 0.6) is 0 Å². The van der Waals surface area contributed by atoms with Crippen molar-refractivity contribution in [3.63, 3.8) is 0 Å². The Labute approximate surface area is 181 Å². The molecule has 0 aliphatic carbocycles. The fourth-order valence-electron chi connectivity index (χ4n) is 4.06. The lowest BCUT2D eigenvalue weighted by Crippen LogP contribution is -2.33. The molecule has 0 spiro atoms. The van der Waals surface area contributed by atoms with Crippen LogP contribution in [0.1, 0.15) is 25.3 Å². The van der Waals surface area contributed by atoms with Crippen LogP contribution in [0, 0.1) is 5.92 Å². The summed E-state index contributed by atoms with van der Waals surface area (Å²) in [5.41, 5.74) is 1.08. The van der Waals surface area contributed by atoms with Crippen LogP contribution in [0.25, 0.3) is 27.8 Å². The second-order valence-corrected chi connectivity index (χ2v) is 8.45. The van der Waals surface area contributed by atoms with Crippen LogP contribution >= 0.6 is 11.6 Å². The molecular weight excluding hydrogens is 427 g/mol. The summed E-state index contributed by atoms with van der Waals surface area (Å²) in [5.74, 6) is 1.40. The molecular formula is C22H19ClF3N5. The smallest absolute Gasteiger partial charge is 0.356 e. The van der Waals surface area contributed by atoms with E-state index in [0.29, 0.717) is 27.8 Å². The number of aromatic nitrogens is 4. The minimum Gasteiger partial charge on any atom is -0.356 e. The van der Waals surface area contributed by atoms with Gasteiger partial charge in [0.05, 0.1) is 11.1 Å². The first-order chi connectivity index (χ1) is 14.8. The van der Waals surface area contributed by atoms with Gasteiger partial charge in [-0.3, -0.25) is 0 Å². The molecule has 0 N–H and O–H groups in total. The Bertz CT molecular complexity index is 1280. The van der Waals surface area contributed by atoms with Gasteiger partial charge in [-0.1, -0.05) is 35.9 Å². The summed E-state index contributed by atoms with van der Waals surface area (Å²) in [4.78, 5) is 7.06. The SMILES string of the molecule is CC1CCN(c2nc3c(-c4cccc(C(F)(F)F)c4)nnn3c3ccc(Cl)cc23)CC1. The molecule has 0 unspecified atom stereocenters. The largest absolute Gasteiger partial charge is 0.416 e. The Morgan fingerprint density at radius 2 is 1.84 bits per heavy atom. The number of alkyl halides is 3. The molecule has 0 atom stereocenters. The molecule has 9 heteroatoms. The first-order valence-electron chi connectivity index (χ1n) is 10.1. The third kappa shape index (κ3) is 3.59. The number of benzene rings is 2. The van der Waals surface area contributed by atoms with E-state index in [0.717, 1.165) is 54.8 Å². The quantitative estimate of drug-likeness (QED) is 0.388. The number of rotatable bonds is 2. The fraction of sp³-hybridized carbons (Fsp3) is 0.318. The zero-order chi connectivity index (χ0) is 21.8. The predicted octanol–water partition coefficient (Wildman–Crippen LogP) is 5.85. The van der Waals surface area contributed by atoms with Crippen molar-refractivity contribution in [1.29, 1.82) is 0 Å². The van der Waals surface area contributed by atoms with E-state index in [9.17, 15) is 13.2 Å². The van der Waals surface area contributed by atoms with E-state index < -0.39 is 11.7 Å². The van der Waals surface area contributed by atoms with Crippen molar-refractivity contribution in [2.75, 3.05) is 18.0 Å². The molecule has 31 heavy (non-hydrogen) atoms. The molecule has 5 nitrogen and oxygen atoms in total. The average molecular weight is 446 g/mol. The summed E-state index contributed by atoms with van der Waals surface area (Å²) in [6, 6.07) is 10.5. The van der Waals surface area contributed by atoms with Gasteiger partial charge >= 0.3 is 6.18 Å². The zero-order valence-electron chi connectivity index (χ0n) is 16.7. The van der Waals surface area contributed by atoms with Gasteiger partial charge < -0.3 is 4.90 Å². The molecule has 1 aliphatic heterocycles. The summed E-state index contributed by atoms with van der Waals surface area (Å²) in [5, 5.41) is 9.82. The minimum atomic E-state index is -4.44. The molecule has 0 saturated carbocycles. The molecule has 0 radical (unpaired) electrons. The van der Waals surface area contributed by atoms with Crippen LogP contribution in [0.15, 0.2) is 42.5 Å². The van der Waals surface area contributed by atoms with E-state index in [1.807, 2.05) is 12.1 Å². The van der Waals surface area contributed by atoms with Crippen molar-refractivity contribution in [3.8, 4) is 11.3 Å². The van der Waals surface area contributed by atoms with Gasteiger partial charge in [0.2, 0.25) is 0 Å². The third-order valence-corrected chi connectivity index (χ3v) is 6.07.